The first-order valence-corrected chi connectivity index (χ1v) is 10.7. The average molecular weight is 507 g/mol. The number of halogens is 4. The number of hydrogen-bond donors (Lipinski definition) is 2. The molecule has 0 aliphatic carbocycles. The maximum atomic E-state index is 13.3. The van der Waals surface area contributed by atoms with Crippen LogP contribution in [0.4, 0.5) is 17.6 Å². The first-order valence-electron chi connectivity index (χ1n) is 10.7. The highest BCUT2D eigenvalue weighted by molar-refractivity contribution is 6.27. The van der Waals surface area contributed by atoms with E-state index in [9.17, 15) is 17.6 Å². The van der Waals surface area contributed by atoms with E-state index in [1.807, 2.05) is 37.4 Å². The van der Waals surface area contributed by atoms with Crippen LogP contribution >= 0.6 is 0 Å². The molecule has 0 saturated carbocycles. The molecule has 10 heteroatoms. The van der Waals surface area contributed by atoms with Gasteiger partial charge in [0.1, 0.15) is 17.7 Å². The summed E-state index contributed by atoms with van der Waals surface area (Å²) in [7, 11) is 1.99. The second-order valence-electron chi connectivity index (χ2n) is 7.80. The zero-order valence-electron chi connectivity index (χ0n) is 19.3. The smallest absolute Gasteiger partial charge is 0.416 e. The van der Waals surface area contributed by atoms with E-state index >= 15 is 0 Å². The number of aliphatic carboxylic acids is 2. The first-order chi connectivity index (χ1) is 17.0. The van der Waals surface area contributed by atoms with E-state index < -0.39 is 29.8 Å². The fraction of sp³-hybridized carbons (Fsp3) is 0.231. The van der Waals surface area contributed by atoms with Crippen LogP contribution in [0, 0.1) is 5.82 Å². The second-order valence-corrected chi connectivity index (χ2v) is 7.80. The van der Waals surface area contributed by atoms with Gasteiger partial charge in [0.15, 0.2) is 0 Å². The van der Waals surface area contributed by atoms with Crippen LogP contribution in [0.5, 0.6) is 5.75 Å². The minimum Gasteiger partial charge on any atom is -0.486 e. The highest BCUT2D eigenvalue weighted by atomic mass is 19.4. The summed E-state index contributed by atoms with van der Waals surface area (Å²) in [6, 6.07) is 20.6. The summed E-state index contributed by atoms with van der Waals surface area (Å²) >= 11 is 0. The summed E-state index contributed by atoms with van der Waals surface area (Å²) in [5.74, 6) is -3.67. The molecular formula is C26H25F4NO5. The molecule has 0 saturated heterocycles. The van der Waals surface area contributed by atoms with Gasteiger partial charge in [0.2, 0.25) is 0 Å². The number of ether oxygens (including phenoxy) is 1. The van der Waals surface area contributed by atoms with Crippen LogP contribution in [0.1, 0.15) is 29.2 Å². The van der Waals surface area contributed by atoms with Crippen molar-refractivity contribution >= 4 is 11.9 Å². The summed E-state index contributed by atoms with van der Waals surface area (Å²) in [4.78, 5) is 20.3. The van der Waals surface area contributed by atoms with Crippen molar-refractivity contribution in [3.05, 3.63) is 101 Å². The Hall–Kier alpha value is -3.92. The topological polar surface area (TPSA) is 87.1 Å². The highest BCUT2D eigenvalue weighted by Gasteiger charge is 2.30. The molecule has 0 amide bonds. The molecule has 0 unspecified atom stereocenters. The van der Waals surface area contributed by atoms with Crippen molar-refractivity contribution in [1.82, 2.24) is 4.90 Å². The summed E-state index contributed by atoms with van der Waals surface area (Å²) in [5.41, 5.74) is 1.22. The molecule has 3 aromatic carbocycles. The van der Waals surface area contributed by atoms with Crippen molar-refractivity contribution in [3.63, 3.8) is 0 Å². The lowest BCUT2D eigenvalue weighted by atomic mass is 10.1. The van der Waals surface area contributed by atoms with Crippen LogP contribution in [0.3, 0.4) is 0 Å². The Kier molecular flexibility index (Phi) is 10.4. The summed E-state index contributed by atoms with van der Waals surface area (Å²) in [6.45, 7) is 1.45. The van der Waals surface area contributed by atoms with Gasteiger partial charge in [-0.1, -0.05) is 42.5 Å². The van der Waals surface area contributed by atoms with Crippen molar-refractivity contribution in [2.24, 2.45) is 0 Å². The molecule has 0 radical (unpaired) electrons. The van der Waals surface area contributed by atoms with E-state index in [1.54, 1.807) is 12.1 Å². The Balaban J connectivity index is 0.000000678. The van der Waals surface area contributed by atoms with Crippen molar-refractivity contribution in [1.29, 1.82) is 0 Å². The Morgan fingerprint density at radius 2 is 1.44 bits per heavy atom. The first kappa shape index (κ1) is 28.3. The molecule has 0 aromatic heterocycles. The molecule has 0 spiro atoms. The molecule has 6 nitrogen and oxygen atoms in total. The highest BCUT2D eigenvalue weighted by Crippen LogP contribution is 2.32. The van der Waals surface area contributed by atoms with Gasteiger partial charge in [-0.3, -0.25) is 0 Å². The van der Waals surface area contributed by atoms with Gasteiger partial charge >= 0.3 is 18.1 Å². The van der Waals surface area contributed by atoms with E-state index in [0.717, 1.165) is 24.2 Å². The molecule has 2 N–H and O–H groups in total. The lowest BCUT2D eigenvalue weighted by Crippen LogP contribution is -2.22. The Morgan fingerprint density at radius 3 is 1.94 bits per heavy atom. The van der Waals surface area contributed by atoms with E-state index in [-0.39, 0.29) is 5.82 Å². The molecule has 0 fully saturated rings. The second kappa shape index (κ2) is 13.2. The Bertz CT molecular complexity index is 1090. The van der Waals surface area contributed by atoms with Crippen LogP contribution in [0.25, 0.3) is 0 Å². The molecule has 192 valence electrons. The molecule has 0 bridgehead atoms. The van der Waals surface area contributed by atoms with Gasteiger partial charge in [0.05, 0.1) is 5.56 Å². The molecule has 36 heavy (non-hydrogen) atoms. The third-order valence-corrected chi connectivity index (χ3v) is 4.95. The van der Waals surface area contributed by atoms with Crippen LogP contribution in [-0.4, -0.2) is 40.6 Å². The molecule has 1 atom stereocenters. The zero-order chi connectivity index (χ0) is 26.7. The number of carbonyl (C=O) groups is 2. The zero-order valence-corrected chi connectivity index (χ0v) is 19.3. The maximum absolute atomic E-state index is 13.3. The number of benzene rings is 3. The van der Waals surface area contributed by atoms with E-state index in [4.69, 9.17) is 24.5 Å². The van der Waals surface area contributed by atoms with Gasteiger partial charge in [-0.2, -0.15) is 13.2 Å². The fourth-order valence-corrected chi connectivity index (χ4v) is 3.17. The summed E-state index contributed by atoms with van der Waals surface area (Å²) < 4.78 is 57.7. The van der Waals surface area contributed by atoms with Crippen LogP contribution < -0.4 is 4.74 Å². The van der Waals surface area contributed by atoms with Crippen molar-refractivity contribution in [2.75, 3.05) is 13.6 Å². The molecular weight excluding hydrogens is 482 g/mol. The minimum atomic E-state index is -4.39. The predicted octanol–water partition coefficient (Wildman–Crippen LogP) is 5.64. The molecule has 0 aliphatic rings. The predicted molar refractivity (Wildman–Crippen MR) is 124 cm³/mol. The van der Waals surface area contributed by atoms with Gasteiger partial charge < -0.3 is 19.8 Å². The molecule has 0 aliphatic heterocycles. The minimum absolute atomic E-state index is 0.336. The van der Waals surface area contributed by atoms with Gasteiger partial charge in [-0.15, -0.1) is 0 Å². The van der Waals surface area contributed by atoms with E-state index in [1.165, 1.54) is 29.8 Å². The molecule has 3 aromatic rings. The monoisotopic (exact) mass is 507 g/mol. The largest absolute Gasteiger partial charge is 0.486 e. The summed E-state index contributed by atoms with van der Waals surface area (Å²) in [5, 5.41) is 14.8. The number of carboxylic acids is 2. The van der Waals surface area contributed by atoms with Crippen molar-refractivity contribution in [2.45, 2.75) is 25.2 Å². The third kappa shape index (κ3) is 9.75. The van der Waals surface area contributed by atoms with E-state index in [0.29, 0.717) is 18.7 Å². The normalized spacial score (nSPS) is 11.8. The van der Waals surface area contributed by atoms with Crippen LogP contribution in [0.2, 0.25) is 0 Å². The third-order valence-electron chi connectivity index (χ3n) is 4.95. The standard InChI is InChI=1S/C24H23F4NO.C2H2O4/c1-29(17-18-5-3-2-4-6-18)16-15-23(19-7-11-21(25)12-8-19)30-22-13-9-20(10-14-22)24(26,27)28;3-1(4)2(5)6/h2-14,23H,15-17H2,1H3;(H,3,4)(H,5,6)/t23-;/m1./s1. The Labute approximate surface area is 205 Å². The van der Waals surface area contributed by atoms with Gasteiger partial charge in [-0.25, -0.2) is 14.0 Å². The number of rotatable bonds is 8. The van der Waals surface area contributed by atoms with Crippen molar-refractivity contribution < 1.29 is 42.1 Å². The number of hydrogen-bond acceptors (Lipinski definition) is 4. The van der Waals surface area contributed by atoms with Crippen LogP contribution in [-0.2, 0) is 22.3 Å². The summed E-state index contributed by atoms with van der Waals surface area (Å²) in [6.07, 6.45) is -4.22. The lowest BCUT2D eigenvalue weighted by molar-refractivity contribution is -0.159. The number of alkyl halides is 3. The maximum Gasteiger partial charge on any atom is 0.416 e. The van der Waals surface area contributed by atoms with Crippen molar-refractivity contribution in [3.8, 4) is 5.75 Å². The van der Waals surface area contributed by atoms with Gasteiger partial charge in [-0.05, 0) is 54.6 Å². The SMILES string of the molecule is CN(CC[C@@H](Oc1ccc(C(F)(F)F)cc1)c1ccc(F)cc1)Cc1ccccc1.O=C(O)C(=O)O. The fourth-order valence-electron chi connectivity index (χ4n) is 3.17. The van der Waals surface area contributed by atoms with Gasteiger partial charge in [0.25, 0.3) is 0 Å². The molecule has 0 heterocycles. The lowest BCUT2D eigenvalue weighted by Gasteiger charge is -2.23. The Morgan fingerprint density at radius 1 is 0.889 bits per heavy atom. The average Bonchev–Trinajstić information content (AvgIpc) is 2.83. The quantitative estimate of drug-likeness (QED) is 0.303. The molecule has 3 rings (SSSR count). The van der Waals surface area contributed by atoms with Gasteiger partial charge in [0, 0.05) is 19.5 Å². The number of nitrogens with zero attached hydrogens (tertiary/aromatic N) is 1. The van der Waals surface area contributed by atoms with Crippen LogP contribution in [0.15, 0.2) is 78.9 Å². The number of carboxylic acid groups (broad SMARTS) is 2. The van der Waals surface area contributed by atoms with E-state index in [2.05, 4.69) is 4.90 Å².